The summed E-state index contributed by atoms with van der Waals surface area (Å²) in [4.78, 5) is 16.8. The molecule has 0 radical (unpaired) electrons. The minimum atomic E-state index is 0. The molecule has 0 aromatic rings. The predicted molar refractivity (Wildman–Crippen MR) is 58.0 cm³/mol. The van der Waals surface area contributed by atoms with Crippen LogP contribution in [-0.4, -0.2) is 31.4 Å². The molecule has 0 unspecified atom stereocenters. The van der Waals surface area contributed by atoms with Gasteiger partial charge in [0.1, 0.15) is 0 Å². The van der Waals surface area contributed by atoms with Crippen molar-refractivity contribution in [2.75, 3.05) is 0 Å². The average molecular weight is 381 g/mol. The normalized spacial score (nSPS) is 10.7. The molecule has 4 N–H and O–H groups in total. The molecule has 0 fully saturated rings. The number of allylic oxidation sites excluding steroid dienone is 4. The van der Waals surface area contributed by atoms with Crippen LogP contribution in [0.15, 0.2) is 23.7 Å². The molecule has 0 saturated carbocycles. The van der Waals surface area contributed by atoms with E-state index in [1.54, 1.807) is 0 Å². The second kappa shape index (κ2) is 11.4. The van der Waals surface area contributed by atoms with Crippen molar-refractivity contribution >= 4 is 11.6 Å². The topological polar surface area (TPSA) is 83.3 Å². The second-order valence-corrected chi connectivity index (χ2v) is 2.85. The van der Waals surface area contributed by atoms with Crippen molar-refractivity contribution < 1.29 is 45.6 Å². The molecule has 0 aromatic heterocycles. The summed E-state index contributed by atoms with van der Waals surface area (Å²) < 4.78 is 0. The molecule has 0 amide bonds. The minimum absolute atomic E-state index is 0. The van der Waals surface area contributed by atoms with E-state index in [9.17, 15) is 0 Å². The fourth-order valence-electron chi connectivity index (χ4n) is 0.605. The van der Waals surface area contributed by atoms with Gasteiger partial charge in [0.05, 0.1) is 37.5 Å². The fourth-order valence-corrected chi connectivity index (χ4v) is 0.605. The van der Waals surface area contributed by atoms with Crippen molar-refractivity contribution in [1.82, 2.24) is 0 Å². The van der Waals surface area contributed by atoms with Crippen LogP contribution < -0.4 is 0 Å². The molecule has 5 heteroatoms. The van der Waals surface area contributed by atoms with Gasteiger partial charge in [0, 0.05) is 25.8 Å². The zero-order valence-corrected chi connectivity index (χ0v) is 13.0. The van der Waals surface area contributed by atoms with Crippen LogP contribution in [0.2, 0.25) is 0 Å². The number of carbonyl (C=O) groups excluding carboxylic acids is 2. The second-order valence-electron chi connectivity index (χ2n) is 2.85. The van der Waals surface area contributed by atoms with Crippen LogP contribution in [0.5, 0.6) is 0 Å². The Kier molecular flexibility index (Phi) is 15.0. The van der Waals surface area contributed by atoms with E-state index in [0.29, 0.717) is 0 Å². The largest absolute Gasteiger partial charge is 0.512 e. The first kappa shape index (κ1) is 19.8. The predicted octanol–water partition coefficient (Wildman–Crippen LogP) is 2.02. The van der Waals surface area contributed by atoms with Crippen molar-refractivity contribution in [2.45, 2.75) is 27.7 Å². The standard InChI is InChI=1S/2C5H8O2.Hf/c2*1-4(6)3-5(2)7;/h2*3,6H,1-2H3;/p+2/b2*4-3-;. The van der Waals surface area contributed by atoms with Gasteiger partial charge in [0.25, 0.3) is 0 Å². The first-order valence-electron chi connectivity index (χ1n) is 4.05. The van der Waals surface area contributed by atoms with Crippen LogP contribution in [0.4, 0.5) is 0 Å². The summed E-state index contributed by atoms with van der Waals surface area (Å²) in [7, 11) is 0. The molecule has 0 rings (SSSR count). The van der Waals surface area contributed by atoms with E-state index in [-0.39, 0.29) is 48.9 Å². The summed E-state index contributed by atoms with van der Waals surface area (Å²) in [5, 5.41) is 16.8. The molecule has 0 aliphatic rings. The maximum absolute atomic E-state index is 8.40. The van der Waals surface area contributed by atoms with E-state index < -0.39 is 0 Å². The van der Waals surface area contributed by atoms with Gasteiger partial charge >= 0.3 is 11.6 Å². The maximum Gasteiger partial charge on any atom is 0.316 e. The van der Waals surface area contributed by atoms with E-state index >= 15 is 0 Å². The number of rotatable bonds is 2. The van der Waals surface area contributed by atoms with Crippen LogP contribution in [-0.2, 0) is 25.8 Å². The molecular weight excluding hydrogens is 363 g/mol. The van der Waals surface area contributed by atoms with Crippen LogP contribution in [0.1, 0.15) is 27.7 Å². The van der Waals surface area contributed by atoms with Gasteiger partial charge in [-0.05, 0) is 13.8 Å². The molecule has 84 valence electrons. The number of hydrogen-bond acceptors (Lipinski definition) is 2. The third-order valence-electron chi connectivity index (χ3n) is 0.836. The van der Waals surface area contributed by atoms with Gasteiger partial charge in [0.15, 0.2) is 0 Å². The summed E-state index contributed by atoms with van der Waals surface area (Å²) in [6.45, 7) is 6.00. The van der Waals surface area contributed by atoms with Crippen molar-refractivity contribution in [2.24, 2.45) is 0 Å². The Hall–Kier alpha value is -0.710. The van der Waals surface area contributed by atoms with Gasteiger partial charge < -0.3 is 10.2 Å². The summed E-state index contributed by atoms with van der Waals surface area (Å²) in [5.41, 5.74) is 0. The number of ketones is 2. The molecule has 0 aliphatic heterocycles. The summed E-state index contributed by atoms with van der Waals surface area (Å²) in [5.74, 6) is 0.500. The third kappa shape index (κ3) is 31.9. The van der Waals surface area contributed by atoms with E-state index in [1.807, 2.05) is 0 Å². The minimum Gasteiger partial charge on any atom is -0.512 e. The van der Waals surface area contributed by atoms with E-state index in [4.69, 9.17) is 19.8 Å². The van der Waals surface area contributed by atoms with E-state index in [1.165, 1.54) is 39.8 Å². The Balaban J connectivity index is -0.000000180. The van der Waals surface area contributed by atoms with Crippen LogP contribution in [0.25, 0.3) is 0 Å². The van der Waals surface area contributed by atoms with Crippen LogP contribution >= 0.6 is 0 Å². The van der Waals surface area contributed by atoms with Gasteiger partial charge in [-0.2, -0.15) is 0 Å². The van der Waals surface area contributed by atoms with Gasteiger partial charge in [0.2, 0.25) is 0 Å². The molecule has 0 bridgehead atoms. The van der Waals surface area contributed by atoms with Crippen LogP contribution in [0.3, 0.4) is 0 Å². The van der Waals surface area contributed by atoms with Crippen molar-refractivity contribution in [1.29, 1.82) is 0 Å². The van der Waals surface area contributed by atoms with Gasteiger partial charge in [-0.1, -0.05) is 0 Å². The average Bonchev–Trinajstić information content (AvgIpc) is 1.79. The Bertz CT molecular complexity index is 231. The molecule has 0 heterocycles. The quantitative estimate of drug-likeness (QED) is 0.332. The Morgan fingerprint density at radius 1 is 0.800 bits per heavy atom. The molecule has 0 aromatic carbocycles. The number of hydrogen-bond donors (Lipinski definition) is 2. The number of aliphatic hydroxyl groups is 2. The first-order valence-corrected chi connectivity index (χ1v) is 4.05. The summed E-state index contributed by atoms with van der Waals surface area (Å²) in [6, 6.07) is 0. The van der Waals surface area contributed by atoms with Crippen molar-refractivity contribution in [3.8, 4) is 0 Å². The van der Waals surface area contributed by atoms with Gasteiger partial charge in [-0.25, -0.2) is 0 Å². The Labute approximate surface area is 108 Å². The first-order chi connectivity index (χ1) is 6.25. The summed E-state index contributed by atoms with van der Waals surface area (Å²) in [6.07, 6.45) is 2.56. The van der Waals surface area contributed by atoms with Crippen molar-refractivity contribution in [3.63, 3.8) is 0 Å². The SMILES string of the molecule is CC(=[OH+])/C=C(/C)O.CC(=[OH+])/C=C(/C)O.[Hf]. The smallest absolute Gasteiger partial charge is 0.316 e. The van der Waals surface area contributed by atoms with E-state index in [0.717, 1.165) is 0 Å². The Morgan fingerprint density at radius 2 is 1.00 bits per heavy atom. The third-order valence-corrected chi connectivity index (χ3v) is 0.836. The molecule has 15 heavy (non-hydrogen) atoms. The Morgan fingerprint density at radius 3 is 1.00 bits per heavy atom. The van der Waals surface area contributed by atoms with Crippen molar-refractivity contribution in [3.05, 3.63) is 23.7 Å². The fraction of sp³-hybridized carbons (Fsp3) is 0.400. The molecule has 0 spiro atoms. The molecule has 0 aliphatic carbocycles. The summed E-state index contributed by atoms with van der Waals surface area (Å²) >= 11 is 0. The zero-order chi connectivity index (χ0) is 11.7. The monoisotopic (exact) mass is 382 g/mol. The maximum atomic E-state index is 8.40. The molecule has 0 atom stereocenters. The molecule has 0 saturated heterocycles. The molecule has 4 nitrogen and oxygen atoms in total. The van der Waals surface area contributed by atoms with Gasteiger partial charge in [-0.15, -0.1) is 0 Å². The number of aliphatic hydroxyl groups excluding tert-OH is 2. The van der Waals surface area contributed by atoms with Gasteiger partial charge in [-0.3, -0.25) is 9.59 Å². The van der Waals surface area contributed by atoms with Crippen LogP contribution in [0, 0.1) is 0 Å². The molecular formula is C10H18HfO4+2. The zero-order valence-electron chi connectivity index (χ0n) is 9.44. The van der Waals surface area contributed by atoms with E-state index in [2.05, 4.69) is 0 Å².